The van der Waals surface area contributed by atoms with E-state index in [0.717, 1.165) is 12.8 Å². The quantitative estimate of drug-likeness (QED) is 0.764. The Bertz CT molecular complexity index is 749. The van der Waals surface area contributed by atoms with E-state index < -0.39 is 0 Å². The third-order valence-electron chi connectivity index (χ3n) is 8.31. The van der Waals surface area contributed by atoms with Gasteiger partial charge >= 0.3 is 5.97 Å². The van der Waals surface area contributed by atoms with E-state index in [1.165, 1.54) is 43.6 Å². The second-order valence-electron chi connectivity index (χ2n) is 8.96. The van der Waals surface area contributed by atoms with Crippen molar-refractivity contribution >= 4 is 11.7 Å². The number of piperidine rings is 1. The lowest BCUT2D eigenvalue weighted by Gasteiger charge is -2.60. The van der Waals surface area contributed by atoms with Gasteiger partial charge in [-0.05, 0) is 62.2 Å². The first kappa shape index (κ1) is 16.6. The van der Waals surface area contributed by atoms with Crippen molar-refractivity contribution in [2.75, 3.05) is 32.1 Å². The van der Waals surface area contributed by atoms with Gasteiger partial charge in [0.2, 0.25) is 0 Å². The van der Waals surface area contributed by atoms with Gasteiger partial charge in [0.1, 0.15) is 0 Å². The van der Waals surface area contributed by atoms with Crippen LogP contribution in [-0.2, 0) is 14.9 Å². The van der Waals surface area contributed by atoms with E-state index in [1.54, 1.807) is 7.11 Å². The van der Waals surface area contributed by atoms with E-state index in [1.807, 2.05) is 0 Å². The van der Waals surface area contributed by atoms with Crippen molar-refractivity contribution in [1.82, 2.24) is 4.90 Å². The number of carbonyl (C=O) groups excluding carboxylic acids is 1. The maximum Gasteiger partial charge on any atom is 0.310 e. The largest absolute Gasteiger partial charge is 0.469 e. The van der Waals surface area contributed by atoms with Crippen LogP contribution < -0.4 is 4.90 Å². The summed E-state index contributed by atoms with van der Waals surface area (Å²) in [5, 5.41) is 0. The number of anilines is 1. The number of likely N-dealkylation sites (N-methyl/N-ethyl adjacent to an activating group) is 1. The first-order valence-electron chi connectivity index (χ1n) is 10.2. The van der Waals surface area contributed by atoms with E-state index in [0.29, 0.717) is 6.04 Å². The van der Waals surface area contributed by atoms with Crippen molar-refractivity contribution in [2.45, 2.75) is 56.5 Å². The molecule has 0 aromatic heterocycles. The Balaban J connectivity index is 1.76. The highest BCUT2D eigenvalue weighted by Gasteiger charge is 2.70. The SMILES string of the molecule is CC[C@@]12CCCN3CC[C@]4(c5ccccc5N(C)[C@@H]4[C@H](C(=O)OC)C1)[C@H]32. The van der Waals surface area contributed by atoms with Crippen molar-refractivity contribution in [3.8, 4) is 0 Å². The van der Waals surface area contributed by atoms with Gasteiger partial charge in [-0.25, -0.2) is 0 Å². The standard InChI is InChI=1S/C22H30N2O2/c1-4-21-10-7-12-24-13-11-22(20(21)24)16-8-5-6-9-17(16)23(2)18(22)15(14-21)19(25)26-3/h5-6,8-9,15,18,20H,4,7,10-14H2,1-3H3/t15-,18-,20-,21-,22-/m1/s1. The number of fused-ring (bicyclic) bond motifs is 1. The molecule has 3 aliphatic heterocycles. The highest BCUT2D eigenvalue weighted by molar-refractivity contribution is 5.78. The van der Waals surface area contributed by atoms with Gasteiger partial charge in [-0.3, -0.25) is 9.69 Å². The van der Waals surface area contributed by atoms with Gasteiger partial charge in [0.15, 0.2) is 0 Å². The second-order valence-corrected chi connectivity index (χ2v) is 8.96. The highest BCUT2D eigenvalue weighted by Crippen LogP contribution is 2.66. The molecular formula is C22H30N2O2. The molecule has 4 nitrogen and oxygen atoms in total. The fourth-order valence-corrected chi connectivity index (χ4v) is 7.56. The van der Waals surface area contributed by atoms with Gasteiger partial charge in [-0.2, -0.15) is 0 Å². The van der Waals surface area contributed by atoms with Crippen LogP contribution in [0.15, 0.2) is 24.3 Å². The molecule has 5 atom stereocenters. The molecule has 1 saturated carbocycles. The molecule has 0 amide bonds. The van der Waals surface area contributed by atoms with E-state index in [-0.39, 0.29) is 28.8 Å². The summed E-state index contributed by atoms with van der Waals surface area (Å²) in [5.41, 5.74) is 3.11. The Kier molecular flexibility index (Phi) is 3.50. The van der Waals surface area contributed by atoms with Crippen LogP contribution in [-0.4, -0.2) is 50.2 Å². The minimum absolute atomic E-state index is 0.00988. The zero-order valence-corrected chi connectivity index (χ0v) is 16.2. The number of carbonyl (C=O) groups is 1. The number of methoxy groups -OCH3 is 1. The van der Waals surface area contributed by atoms with Crippen molar-refractivity contribution in [3.05, 3.63) is 29.8 Å². The van der Waals surface area contributed by atoms with E-state index >= 15 is 0 Å². The number of para-hydroxylation sites is 1. The van der Waals surface area contributed by atoms with Crippen molar-refractivity contribution < 1.29 is 9.53 Å². The molecule has 4 aliphatic rings. The molecule has 1 spiro atoms. The summed E-state index contributed by atoms with van der Waals surface area (Å²) in [7, 11) is 3.75. The zero-order valence-electron chi connectivity index (χ0n) is 16.2. The third-order valence-corrected chi connectivity index (χ3v) is 8.31. The molecule has 1 aromatic carbocycles. The van der Waals surface area contributed by atoms with Crippen LogP contribution in [0, 0.1) is 11.3 Å². The Morgan fingerprint density at radius 1 is 1.27 bits per heavy atom. The molecule has 0 bridgehead atoms. The Morgan fingerprint density at radius 2 is 2.08 bits per heavy atom. The molecule has 5 rings (SSSR count). The molecule has 1 aliphatic carbocycles. The molecule has 1 aromatic rings. The molecular weight excluding hydrogens is 324 g/mol. The fraction of sp³-hybridized carbons (Fsp3) is 0.682. The Labute approximate surface area is 156 Å². The lowest BCUT2D eigenvalue weighted by Crippen LogP contribution is -2.68. The van der Waals surface area contributed by atoms with Crippen molar-refractivity contribution in [1.29, 1.82) is 0 Å². The van der Waals surface area contributed by atoms with Crippen molar-refractivity contribution in [2.24, 2.45) is 11.3 Å². The van der Waals surface area contributed by atoms with Crippen LogP contribution >= 0.6 is 0 Å². The lowest BCUT2D eigenvalue weighted by atomic mass is 9.49. The summed E-state index contributed by atoms with van der Waals surface area (Å²) in [5.74, 6) is -0.0454. The average Bonchev–Trinajstić information content (AvgIpc) is 3.19. The number of benzene rings is 1. The smallest absolute Gasteiger partial charge is 0.310 e. The molecule has 0 radical (unpaired) electrons. The maximum atomic E-state index is 12.9. The van der Waals surface area contributed by atoms with Crippen molar-refractivity contribution in [3.63, 3.8) is 0 Å². The molecule has 140 valence electrons. The van der Waals surface area contributed by atoms with E-state index in [2.05, 4.69) is 48.0 Å². The third kappa shape index (κ3) is 1.77. The molecule has 26 heavy (non-hydrogen) atoms. The van der Waals surface area contributed by atoms with Gasteiger partial charge in [0, 0.05) is 24.2 Å². The van der Waals surface area contributed by atoms with Gasteiger partial charge in [0.25, 0.3) is 0 Å². The monoisotopic (exact) mass is 354 g/mol. The van der Waals surface area contributed by atoms with Gasteiger partial charge in [-0.15, -0.1) is 0 Å². The van der Waals surface area contributed by atoms with Gasteiger partial charge in [-0.1, -0.05) is 25.1 Å². The van der Waals surface area contributed by atoms with Gasteiger partial charge in [0.05, 0.1) is 19.1 Å². The van der Waals surface area contributed by atoms with E-state index in [9.17, 15) is 4.79 Å². The summed E-state index contributed by atoms with van der Waals surface area (Å²) < 4.78 is 5.34. The summed E-state index contributed by atoms with van der Waals surface area (Å²) in [6.45, 7) is 4.73. The number of esters is 1. The van der Waals surface area contributed by atoms with E-state index in [4.69, 9.17) is 4.74 Å². The Morgan fingerprint density at radius 3 is 2.85 bits per heavy atom. The molecule has 0 N–H and O–H groups in total. The Hall–Kier alpha value is -1.55. The molecule has 3 heterocycles. The zero-order chi connectivity index (χ0) is 18.1. The molecule has 3 fully saturated rings. The summed E-state index contributed by atoms with van der Waals surface area (Å²) in [4.78, 5) is 18.1. The number of hydrogen-bond acceptors (Lipinski definition) is 4. The average molecular weight is 354 g/mol. The normalized spacial score (nSPS) is 40.7. The lowest BCUT2D eigenvalue weighted by molar-refractivity contribution is -0.154. The number of ether oxygens (including phenoxy) is 1. The van der Waals surface area contributed by atoms with Crippen LogP contribution in [0.1, 0.15) is 44.6 Å². The van der Waals surface area contributed by atoms with Gasteiger partial charge < -0.3 is 9.64 Å². The maximum absolute atomic E-state index is 12.9. The molecule has 4 heteroatoms. The van der Waals surface area contributed by atoms with Crippen LogP contribution in [0.4, 0.5) is 5.69 Å². The predicted octanol–water partition coefficient (Wildman–Crippen LogP) is 3.20. The first-order valence-corrected chi connectivity index (χ1v) is 10.2. The fourth-order valence-electron chi connectivity index (χ4n) is 7.56. The number of nitrogens with zero attached hydrogens (tertiary/aromatic N) is 2. The first-order chi connectivity index (χ1) is 12.6. The van der Waals surface area contributed by atoms with Crippen LogP contribution in [0.5, 0.6) is 0 Å². The summed E-state index contributed by atoms with van der Waals surface area (Å²) in [6.07, 6.45) is 5.80. The number of rotatable bonds is 2. The minimum Gasteiger partial charge on any atom is -0.469 e. The second kappa shape index (κ2) is 5.48. The topological polar surface area (TPSA) is 32.8 Å². The predicted molar refractivity (Wildman–Crippen MR) is 102 cm³/mol. The summed E-state index contributed by atoms with van der Waals surface area (Å²) >= 11 is 0. The highest BCUT2D eigenvalue weighted by atomic mass is 16.5. The molecule has 2 saturated heterocycles. The van der Waals surface area contributed by atoms with Crippen LogP contribution in [0.25, 0.3) is 0 Å². The molecule has 0 unspecified atom stereocenters. The minimum atomic E-state index is -0.0355. The number of hydrogen-bond donors (Lipinski definition) is 0. The van der Waals surface area contributed by atoms with Crippen LogP contribution in [0.2, 0.25) is 0 Å². The summed E-state index contributed by atoms with van der Waals surface area (Å²) in [6, 6.07) is 9.69. The van der Waals surface area contributed by atoms with Crippen LogP contribution in [0.3, 0.4) is 0 Å².